The molecule has 1 aromatic carbocycles. The van der Waals surface area contributed by atoms with E-state index in [-0.39, 0.29) is 64.8 Å². The molecule has 2 aliphatic carbocycles. The highest BCUT2D eigenvalue weighted by Crippen LogP contribution is 2.60. The molecule has 5 atom stereocenters. The number of rotatable bonds is 9. The van der Waals surface area contributed by atoms with E-state index in [0.29, 0.717) is 64.4 Å². The Kier molecular flexibility index (Phi) is 11.7. The number of piperazine rings is 1. The molecule has 18 nitrogen and oxygen atoms in total. The highest BCUT2D eigenvalue weighted by Gasteiger charge is 2.61. The van der Waals surface area contributed by atoms with Gasteiger partial charge in [-0.25, -0.2) is 9.97 Å². The minimum absolute atomic E-state index is 0.0271. The number of hydrogen-bond donors (Lipinski definition) is 3. The van der Waals surface area contributed by atoms with Crippen molar-refractivity contribution in [1.82, 2.24) is 34.2 Å². The lowest BCUT2D eigenvalue weighted by Crippen LogP contribution is -2.55. The van der Waals surface area contributed by atoms with E-state index in [9.17, 15) is 33.9 Å². The lowest BCUT2D eigenvalue weighted by molar-refractivity contribution is -0.136. The number of piperidine rings is 2. The fourth-order valence-corrected chi connectivity index (χ4v) is 13.8. The molecule has 18 heteroatoms. The zero-order valence-electron chi connectivity index (χ0n) is 44.5. The third-order valence-corrected chi connectivity index (χ3v) is 17.7. The Balaban J connectivity index is 0.707. The average Bonchev–Trinajstić information content (AvgIpc) is 3.84. The second-order valence-electron chi connectivity index (χ2n) is 24.4. The van der Waals surface area contributed by atoms with Gasteiger partial charge in [0.1, 0.15) is 29.1 Å². The second kappa shape index (κ2) is 18.0. The van der Waals surface area contributed by atoms with Crippen LogP contribution in [0.3, 0.4) is 0 Å². The first kappa shape index (κ1) is 49.7. The number of nitrogens with zero attached hydrogens (tertiary/aromatic N) is 9. The Morgan fingerprint density at radius 2 is 1.62 bits per heavy atom. The van der Waals surface area contributed by atoms with Crippen molar-refractivity contribution in [2.75, 3.05) is 52.7 Å². The van der Waals surface area contributed by atoms with Gasteiger partial charge in [0.05, 0.1) is 29.6 Å². The van der Waals surface area contributed by atoms with Crippen LogP contribution in [0.1, 0.15) is 122 Å². The Morgan fingerprint density at radius 3 is 2.36 bits per heavy atom. The number of benzene rings is 1. The van der Waals surface area contributed by atoms with Crippen molar-refractivity contribution in [2.45, 2.75) is 124 Å². The van der Waals surface area contributed by atoms with E-state index in [1.807, 2.05) is 30.5 Å². The standard InChI is InChI=1S/C58H67N11O7/c1-33-30-64(18-19-65(33)36-8-10-39-40(24-36)53(74)69(52(39)73)43-11-13-49(71)62-51(43)72)47-28-58(47)15-17-66(46(27-58)56(2,3)4)37-9-12-48(60-29-37)61-42-22-35(31-63(7)54(42)75)38-14-16-59-50(41(38)32-70)68-21-20-67-44(55(68)76)23-34-25-57(5,6)26-45(34)67/h8-10,12,14,16,22-24,29,31,33,43,46-47,70H,11,13,15,17-21,25-28,30,32H2,1-7H3,(H,60,61)(H,62,71,72)/t33-,43?,46+,47+,58-/m0/s1. The smallest absolute Gasteiger partial charge is 0.276 e. The van der Waals surface area contributed by atoms with Gasteiger partial charge in [0.15, 0.2) is 0 Å². The van der Waals surface area contributed by atoms with Gasteiger partial charge >= 0.3 is 0 Å². The average molecular weight is 1030 g/mol. The number of aryl methyl sites for hydroxylation is 1. The normalized spacial score (nSPS) is 25.3. The maximum absolute atomic E-state index is 14.1. The molecule has 7 aliphatic rings. The van der Waals surface area contributed by atoms with Gasteiger partial charge in [-0.15, -0.1) is 0 Å². The highest BCUT2D eigenvalue weighted by atomic mass is 16.3. The van der Waals surface area contributed by atoms with Gasteiger partial charge < -0.3 is 29.4 Å². The molecule has 0 radical (unpaired) electrons. The summed E-state index contributed by atoms with van der Waals surface area (Å²) in [6.45, 7) is 17.8. The van der Waals surface area contributed by atoms with Crippen LogP contribution in [0.25, 0.3) is 11.1 Å². The summed E-state index contributed by atoms with van der Waals surface area (Å²) in [4.78, 5) is 98.9. The van der Waals surface area contributed by atoms with E-state index in [1.54, 1.807) is 42.5 Å². The number of carbonyl (C=O) groups excluding carboxylic acids is 5. The van der Waals surface area contributed by atoms with Crippen LogP contribution >= 0.6 is 0 Å². The van der Waals surface area contributed by atoms with Crippen LogP contribution in [0.15, 0.2) is 71.9 Å². The first-order valence-corrected chi connectivity index (χ1v) is 26.9. The zero-order chi connectivity index (χ0) is 53.3. The number of anilines is 5. The minimum Gasteiger partial charge on any atom is -0.392 e. The number of carbonyl (C=O) groups is 5. The number of aliphatic hydroxyl groups excluding tert-OH is 1. The molecule has 4 fully saturated rings. The number of imide groups is 2. The summed E-state index contributed by atoms with van der Waals surface area (Å²) in [7, 11) is 1.70. The number of amides is 5. The van der Waals surface area contributed by atoms with Crippen LogP contribution in [0, 0.1) is 16.2 Å². The zero-order valence-corrected chi connectivity index (χ0v) is 44.5. The fraction of sp³-hybridized carbons (Fsp3) is 0.483. The molecular formula is C58H67N11O7. The number of nitrogens with one attached hydrogen (secondary N) is 2. The summed E-state index contributed by atoms with van der Waals surface area (Å²) in [6.07, 6.45) is 10.6. The number of pyridine rings is 3. The summed E-state index contributed by atoms with van der Waals surface area (Å²) >= 11 is 0. The predicted molar refractivity (Wildman–Crippen MR) is 288 cm³/mol. The Hall–Kier alpha value is -7.18. The molecule has 12 rings (SSSR count). The van der Waals surface area contributed by atoms with Crippen molar-refractivity contribution in [3.05, 3.63) is 111 Å². The van der Waals surface area contributed by atoms with Crippen LogP contribution in [0.4, 0.5) is 28.7 Å². The van der Waals surface area contributed by atoms with Crippen molar-refractivity contribution in [1.29, 1.82) is 0 Å². The lowest BCUT2D eigenvalue weighted by Gasteiger charge is -2.49. The molecule has 76 heavy (non-hydrogen) atoms. The van der Waals surface area contributed by atoms with Crippen molar-refractivity contribution >= 4 is 58.2 Å². The van der Waals surface area contributed by atoms with Crippen LogP contribution < -0.4 is 30.9 Å². The van der Waals surface area contributed by atoms with Gasteiger partial charge in [0.2, 0.25) is 11.8 Å². The van der Waals surface area contributed by atoms with Gasteiger partial charge in [-0.2, -0.15) is 0 Å². The summed E-state index contributed by atoms with van der Waals surface area (Å²) in [6, 6.07) is 14.9. The first-order valence-electron chi connectivity index (χ1n) is 26.9. The molecule has 0 bridgehead atoms. The molecular weight excluding hydrogens is 963 g/mol. The quantitative estimate of drug-likeness (QED) is 0.144. The molecule has 1 saturated carbocycles. The number of aliphatic hydroxyl groups is 1. The number of hydrogen-bond acceptors (Lipinski definition) is 13. The van der Waals surface area contributed by atoms with E-state index < -0.39 is 29.7 Å². The van der Waals surface area contributed by atoms with Crippen LogP contribution in [-0.2, 0) is 42.6 Å². The first-order chi connectivity index (χ1) is 36.2. The topological polar surface area (TPSA) is 199 Å². The molecule has 3 saturated heterocycles. The maximum atomic E-state index is 14.1. The van der Waals surface area contributed by atoms with Gasteiger partial charge in [0, 0.05) is 106 Å². The highest BCUT2D eigenvalue weighted by molar-refractivity contribution is 6.23. The summed E-state index contributed by atoms with van der Waals surface area (Å²) in [5.41, 5.74) is 7.93. The van der Waals surface area contributed by atoms with Crippen molar-refractivity contribution in [3.8, 4) is 11.1 Å². The van der Waals surface area contributed by atoms with Gasteiger partial charge in [0.25, 0.3) is 23.3 Å². The molecule has 5 amide bonds. The van der Waals surface area contributed by atoms with Gasteiger partial charge in [-0.3, -0.25) is 48.8 Å². The molecule has 396 valence electrons. The van der Waals surface area contributed by atoms with Gasteiger partial charge in [-0.1, -0.05) is 34.6 Å². The molecule has 9 heterocycles. The van der Waals surface area contributed by atoms with Gasteiger partial charge in [-0.05, 0) is 121 Å². The third kappa shape index (κ3) is 8.29. The summed E-state index contributed by atoms with van der Waals surface area (Å²) < 4.78 is 3.68. The summed E-state index contributed by atoms with van der Waals surface area (Å²) in [5, 5.41) is 16.4. The lowest BCUT2D eigenvalue weighted by atomic mass is 9.75. The number of aromatic nitrogens is 4. The third-order valence-electron chi connectivity index (χ3n) is 17.7. The Bertz CT molecular complexity index is 3340. The van der Waals surface area contributed by atoms with Crippen LogP contribution in [0.5, 0.6) is 0 Å². The predicted octanol–water partition coefficient (Wildman–Crippen LogP) is 6.05. The van der Waals surface area contributed by atoms with Crippen molar-refractivity contribution < 1.29 is 29.1 Å². The molecule has 1 spiro atoms. The van der Waals surface area contributed by atoms with Crippen molar-refractivity contribution in [2.24, 2.45) is 23.3 Å². The second-order valence-corrected chi connectivity index (χ2v) is 24.4. The van der Waals surface area contributed by atoms with Crippen molar-refractivity contribution in [3.63, 3.8) is 0 Å². The minimum atomic E-state index is -0.998. The van der Waals surface area contributed by atoms with E-state index in [2.05, 4.69) is 82.5 Å². The Labute approximate surface area is 442 Å². The van der Waals surface area contributed by atoms with E-state index >= 15 is 0 Å². The number of fused-ring (bicyclic) bond motifs is 4. The largest absolute Gasteiger partial charge is 0.392 e. The molecule has 5 aliphatic heterocycles. The molecule has 4 aromatic heterocycles. The fourth-order valence-electron chi connectivity index (χ4n) is 13.8. The maximum Gasteiger partial charge on any atom is 0.276 e. The Morgan fingerprint density at radius 1 is 0.829 bits per heavy atom. The SMILES string of the molecule is C[C@H]1CN([C@@H]2C[C@@]23CCN(c2ccc(Nc4cc(-c5ccnc(N6CCn7c(cc8c7CC(C)(C)C8)C6=O)c5CO)cn(C)c4=O)nc2)[C@@H](C(C)(C)C)C3)CCN1c1ccc2c(c1)C(=O)N(C1CCC(=O)NC1=O)C2=O. The molecule has 3 N–H and O–H groups in total. The summed E-state index contributed by atoms with van der Waals surface area (Å²) in [5.74, 6) is -1.20. The van der Waals surface area contributed by atoms with E-state index in [1.165, 1.54) is 15.8 Å². The van der Waals surface area contributed by atoms with E-state index in [0.717, 1.165) is 74.6 Å². The van der Waals surface area contributed by atoms with Crippen LogP contribution in [0.2, 0.25) is 0 Å². The van der Waals surface area contributed by atoms with E-state index in [4.69, 9.17) is 4.98 Å². The van der Waals surface area contributed by atoms with Crippen LogP contribution in [-0.4, -0.2) is 120 Å². The monoisotopic (exact) mass is 1030 g/mol. The molecule has 5 aromatic rings. The molecule has 1 unspecified atom stereocenters.